The van der Waals surface area contributed by atoms with Gasteiger partial charge in [-0.2, -0.15) is 5.26 Å². The highest BCUT2D eigenvalue weighted by Gasteiger charge is 2.40. The predicted molar refractivity (Wildman–Crippen MR) is 115 cm³/mol. The second-order valence-electron chi connectivity index (χ2n) is 7.38. The van der Waals surface area contributed by atoms with Gasteiger partial charge in [-0.1, -0.05) is 36.4 Å². The summed E-state index contributed by atoms with van der Waals surface area (Å²) in [7, 11) is 3.19. The number of amides is 1. The highest BCUT2D eigenvalue weighted by molar-refractivity contribution is 8.02. The smallest absolute Gasteiger partial charge is 0.232 e. The van der Waals surface area contributed by atoms with Crippen LogP contribution >= 0.6 is 11.8 Å². The highest BCUT2D eigenvalue weighted by Crippen LogP contribution is 2.43. The summed E-state index contributed by atoms with van der Waals surface area (Å²) in [5.74, 6) is 1.86. The topological polar surface area (TPSA) is 67.0 Å². The van der Waals surface area contributed by atoms with E-state index in [1.54, 1.807) is 36.9 Å². The van der Waals surface area contributed by atoms with E-state index in [1.807, 2.05) is 30.3 Å². The molecule has 1 fully saturated rings. The summed E-state index contributed by atoms with van der Waals surface area (Å²) >= 11 is 1.59. The fourth-order valence-corrected chi connectivity index (χ4v) is 5.24. The molecule has 0 bridgehead atoms. The maximum atomic E-state index is 13.1. The monoisotopic (exact) mass is 422 g/mol. The second-order valence-corrected chi connectivity index (χ2v) is 8.34. The molecule has 7 heteroatoms. The van der Waals surface area contributed by atoms with Crippen LogP contribution < -0.4 is 14.4 Å². The van der Waals surface area contributed by atoms with Crippen molar-refractivity contribution in [2.45, 2.75) is 18.9 Å². The van der Waals surface area contributed by atoms with Gasteiger partial charge in [-0.05, 0) is 17.8 Å². The number of thioether (sulfide) groups is 1. The molecule has 1 amide bonds. The van der Waals surface area contributed by atoms with Crippen LogP contribution in [0.3, 0.4) is 0 Å². The average Bonchev–Trinajstić information content (AvgIpc) is 2.79. The van der Waals surface area contributed by atoms with Crippen LogP contribution in [-0.2, 0) is 11.3 Å². The summed E-state index contributed by atoms with van der Waals surface area (Å²) in [4.78, 5) is 16.2. The van der Waals surface area contributed by atoms with Crippen LogP contribution in [0.5, 0.6) is 11.5 Å². The Labute approximate surface area is 180 Å². The Morgan fingerprint density at radius 3 is 2.70 bits per heavy atom. The van der Waals surface area contributed by atoms with Crippen LogP contribution in [0.1, 0.15) is 23.5 Å². The van der Waals surface area contributed by atoms with E-state index < -0.39 is 0 Å². The number of quaternary nitrogens is 1. The molecular formula is C23H24N3O3S+. The molecule has 2 aliphatic heterocycles. The van der Waals surface area contributed by atoms with Gasteiger partial charge in [-0.3, -0.25) is 9.69 Å². The molecule has 6 nitrogen and oxygen atoms in total. The Kier molecular flexibility index (Phi) is 5.98. The van der Waals surface area contributed by atoms with Crippen LogP contribution in [-0.4, -0.2) is 37.6 Å². The normalized spacial score (nSPS) is 21.1. The number of benzene rings is 2. The van der Waals surface area contributed by atoms with E-state index >= 15 is 0 Å². The van der Waals surface area contributed by atoms with Crippen molar-refractivity contribution in [2.24, 2.45) is 0 Å². The molecule has 0 saturated carbocycles. The second kappa shape index (κ2) is 8.82. The van der Waals surface area contributed by atoms with Crippen LogP contribution in [0.15, 0.2) is 59.1 Å². The van der Waals surface area contributed by atoms with Gasteiger partial charge < -0.3 is 14.4 Å². The van der Waals surface area contributed by atoms with Crippen molar-refractivity contribution in [3.8, 4) is 17.6 Å². The number of nitriles is 1. The molecule has 0 aromatic heterocycles. The van der Waals surface area contributed by atoms with Gasteiger partial charge >= 0.3 is 0 Å². The van der Waals surface area contributed by atoms with Crippen molar-refractivity contribution in [2.75, 3.05) is 26.8 Å². The number of nitrogens with zero attached hydrogens (tertiary/aromatic N) is 2. The van der Waals surface area contributed by atoms with Crippen molar-refractivity contribution in [3.05, 3.63) is 70.3 Å². The standard InChI is InChI=1S/C23H23N3O3S/c1-28-17-8-9-18(21(10-17)29-2)19-11-22(27)26-14-25(13-16-6-4-3-5-7-16)15-30-23(26)20(19)12-24/h3-10,19H,11,13-15H2,1-2H3/p+1/t19-/m0/s1. The maximum absolute atomic E-state index is 13.1. The quantitative estimate of drug-likeness (QED) is 0.802. The van der Waals surface area contributed by atoms with Gasteiger partial charge in [0.2, 0.25) is 5.91 Å². The van der Waals surface area contributed by atoms with E-state index in [4.69, 9.17) is 9.47 Å². The number of nitrogens with one attached hydrogen (secondary N) is 1. The van der Waals surface area contributed by atoms with Gasteiger partial charge in [-0.15, -0.1) is 0 Å². The zero-order chi connectivity index (χ0) is 21.1. The summed E-state index contributed by atoms with van der Waals surface area (Å²) in [5, 5.41) is 10.8. The number of rotatable bonds is 5. The lowest BCUT2D eigenvalue weighted by atomic mass is 9.86. The summed E-state index contributed by atoms with van der Waals surface area (Å²) in [5.41, 5.74) is 2.73. The summed E-state index contributed by atoms with van der Waals surface area (Å²) in [6.07, 6.45) is 0.258. The molecule has 0 aliphatic carbocycles. The molecule has 0 radical (unpaired) electrons. The lowest BCUT2D eigenvalue weighted by Crippen LogP contribution is -3.12. The van der Waals surface area contributed by atoms with Gasteiger partial charge in [-0.25, -0.2) is 0 Å². The predicted octanol–water partition coefficient (Wildman–Crippen LogP) is 2.50. The Morgan fingerprint density at radius 2 is 2.00 bits per heavy atom. The molecule has 2 aliphatic rings. The van der Waals surface area contributed by atoms with E-state index in [0.717, 1.165) is 23.0 Å². The maximum Gasteiger partial charge on any atom is 0.232 e. The fraction of sp³-hybridized carbons (Fsp3) is 0.304. The Balaban J connectivity index is 1.63. The lowest BCUT2D eigenvalue weighted by Gasteiger charge is -2.39. The number of allylic oxidation sites excluding steroid dienone is 1. The van der Waals surface area contributed by atoms with Crippen molar-refractivity contribution < 1.29 is 19.2 Å². The molecular weight excluding hydrogens is 398 g/mol. The van der Waals surface area contributed by atoms with Crippen molar-refractivity contribution >= 4 is 17.7 Å². The first-order chi connectivity index (χ1) is 14.6. The van der Waals surface area contributed by atoms with Gasteiger partial charge in [0, 0.05) is 29.5 Å². The minimum Gasteiger partial charge on any atom is -0.497 e. The van der Waals surface area contributed by atoms with E-state index in [9.17, 15) is 10.1 Å². The van der Waals surface area contributed by atoms with Crippen molar-refractivity contribution in [1.29, 1.82) is 5.26 Å². The molecule has 30 heavy (non-hydrogen) atoms. The molecule has 1 unspecified atom stereocenters. The molecule has 2 heterocycles. The molecule has 154 valence electrons. The minimum absolute atomic E-state index is 0.0460. The van der Waals surface area contributed by atoms with Gasteiger partial charge in [0.05, 0.1) is 25.9 Å². The van der Waals surface area contributed by atoms with E-state index in [-0.39, 0.29) is 18.2 Å². The van der Waals surface area contributed by atoms with Gasteiger partial charge in [0.15, 0.2) is 6.67 Å². The number of fused-ring (bicyclic) bond motifs is 1. The van der Waals surface area contributed by atoms with Crippen LogP contribution in [0.2, 0.25) is 0 Å². The third-order valence-corrected chi connectivity index (χ3v) is 6.80. The summed E-state index contributed by atoms with van der Waals surface area (Å²) < 4.78 is 10.8. The number of hydrogen-bond donors (Lipinski definition) is 1. The van der Waals surface area contributed by atoms with Crippen LogP contribution in [0, 0.1) is 11.3 Å². The molecule has 2 aromatic carbocycles. The molecule has 2 aromatic rings. The molecule has 4 rings (SSSR count). The Bertz CT molecular complexity index is 1020. The number of carbonyl (C=O) groups is 1. The zero-order valence-electron chi connectivity index (χ0n) is 17.1. The third-order valence-electron chi connectivity index (χ3n) is 5.53. The Hall–Kier alpha value is -2.95. The minimum atomic E-state index is -0.308. The number of carbonyl (C=O) groups excluding carboxylic acids is 1. The first-order valence-corrected chi connectivity index (χ1v) is 10.8. The van der Waals surface area contributed by atoms with E-state index in [2.05, 4.69) is 18.2 Å². The van der Waals surface area contributed by atoms with E-state index in [1.165, 1.54) is 10.5 Å². The molecule has 2 atom stereocenters. The first-order valence-electron chi connectivity index (χ1n) is 9.81. The summed E-state index contributed by atoms with van der Waals surface area (Å²) in [6, 6.07) is 18.2. The van der Waals surface area contributed by atoms with Gasteiger partial charge in [0.25, 0.3) is 0 Å². The first kappa shape index (κ1) is 20.3. The number of methoxy groups -OCH3 is 2. The summed E-state index contributed by atoms with van der Waals surface area (Å²) in [6.45, 7) is 1.43. The zero-order valence-corrected chi connectivity index (χ0v) is 17.9. The largest absolute Gasteiger partial charge is 0.497 e. The third kappa shape index (κ3) is 3.89. The molecule has 1 saturated heterocycles. The van der Waals surface area contributed by atoms with Gasteiger partial charge in [0.1, 0.15) is 28.9 Å². The Morgan fingerprint density at radius 1 is 1.20 bits per heavy atom. The molecule has 1 N–H and O–H groups in total. The fourth-order valence-electron chi connectivity index (χ4n) is 4.04. The van der Waals surface area contributed by atoms with Crippen LogP contribution in [0.4, 0.5) is 0 Å². The molecule has 0 spiro atoms. The van der Waals surface area contributed by atoms with Crippen molar-refractivity contribution in [3.63, 3.8) is 0 Å². The lowest BCUT2D eigenvalue weighted by molar-refractivity contribution is -0.910. The SMILES string of the molecule is COc1ccc([C@@H]2CC(=O)N3C[NH+](Cc4ccccc4)CSC3=C2C#N)c(OC)c1. The highest BCUT2D eigenvalue weighted by atomic mass is 32.2. The average molecular weight is 423 g/mol. The number of ether oxygens (including phenoxy) is 2. The van der Waals surface area contributed by atoms with Crippen LogP contribution in [0.25, 0.3) is 0 Å². The number of hydrogen-bond acceptors (Lipinski definition) is 5. The van der Waals surface area contributed by atoms with Crippen molar-refractivity contribution in [1.82, 2.24) is 4.90 Å². The van der Waals surface area contributed by atoms with E-state index in [0.29, 0.717) is 23.7 Å².